The molecule has 30 heavy (non-hydrogen) atoms. The smallest absolute Gasteiger partial charge is 0.250 e. The van der Waals surface area contributed by atoms with Crippen LogP contribution < -0.4 is 10.1 Å². The Bertz CT molecular complexity index is 977. The zero-order chi connectivity index (χ0) is 20.6. The summed E-state index contributed by atoms with van der Waals surface area (Å²) in [6, 6.07) is 11.6. The topological polar surface area (TPSA) is 64.1 Å². The van der Waals surface area contributed by atoms with E-state index in [0.29, 0.717) is 11.0 Å². The first-order chi connectivity index (χ1) is 14.8. The van der Waals surface area contributed by atoms with Crippen molar-refractivity contribution in [3.8, 4) is 17.0 Å². The van der Waals surface area contributed by atoms with Crippen LogP contribution in [0.15, 0.2) is 60.2 Å². The predicted octanol–water partition coefficient (Wildman–Crippen LogP) is 5.82. The molecule has 1 aromatic carbocycles. The number of rotatable bonds is 7. The number of carbonyl (C=O) groups excluding carboxylic acids is 1. The zero-order valence-corrected chi connectivity index (χ0v) is 17.6. The minimum absolute atomic E-state index is 0.205. The maximum atomic E-state index is 12.2. The van der Waals surface area contributed by atoms with Gasteiger partial charge in [-0.3, -0.25) is 15.1 Å². The average molecular weight is 420 g/mol. The van der Waals surface area contributed by atoms with Gasteiger partial charge in [0.25, 0.3) is 0 Å². The van der Waals surface area contributed by atoms with Gasteiger partial charge in [0.1, 0.15) is 5.75 Å². The molecule has 5 nitrogen and oxygen atoms in total. The fourth-order valence-electron chi connectivity index (χ4n) is 3.55. The number of benzene rings is 1. The van der Waals surface area contributed by atoms with Gasteiger partial charge in [0, 0.05) is 29.4 Å². The lowest BCUT2D eigenvalue weighted by molar-refractivity contribution is -0.111. The van der Waals surface area contributed by atoms with Gasteiger partial charge in [-0.1, -0.05) is 31.4 Å². The van der Waals surface area contributed by atoms with E-state index >= 15 is 0 Å². The van der Waals surface area contributed by atoms with Crippen LogP contribution in [0.25, 0.3) is 17.3 Å². The molecule has 154 valence electrons. The minimum atomic E-state index is -0.205. The third kappa shape index (κ3) is 5.76. The lowest BCUT2D eigenvalue weighted by Crippen LogP contribution is -2.15. The summed E-state index contributed by atoms with van der Waals surface area (Å²) < 4.78 is 5.93. The Balaban J connectivity index is 1.27. The predicted molar refractivity (Wildman–Crippen MR) is 122 cm³/mol. The van der Waals surface area contributed by atoms with Crippen molar-refractivity contribution in [1.82, 2.24) is 9.97 Å². The maximum Gasteiger partial charge on any atom is 0.250 e. The normalized spacial score (nSPS) is 14.7. The van der Waals surface area contributed by atoms with Crippen molar-refractivity contribution in [1.29, 1.82) is 0 Å². The van der Waals surface area contributed by atoms with Gasteiger partial charge >= 0.3 is 0 Å². The highest BCUT2D eigenvalue weighted by atomic mass is 32.1. The number of amides is 1. The van der Waals surface area contributed by atoms with Crippen LogP contribution in [0.3, 0.4) is 0 Å². The zero-order valence-electron chi connectivity index (χ0n) is 16.8. The number of carbonyl (C=O) groups is 1. The molecular weight excluding hydrogens is 394 g/mol. The molecule has 1 amide bonds. The molecule has 0 radical (unpaired) electrons. The molecule has 0 bridgehead atoms. The van der Waals surface area contributed by atoms with Gasteiger partial charge in [-0.05, 0) is 54.7 Å². The summed E-state index contributed by atoms with van der Waals surface area (Å²) in [5, 5.41) is 5.30. The highest BCUT2D eigenvalue weighted by molar-refractivity contribution is 7.14. The summed E-state index contributed by atoms with van der Waals surface area (Å²) in [7, 11) is 0. The fourth-order valence-corrected chi connectivity index (χ4v) is 4.27. The van der Waals surface area contributed by atoms with E-state index in [0.717, 1.165) is 29.2 Å². The van der Waals surface area contributed by atoms with Gasteiger partial charge in [-0.15, -0.1) is 11.3 Å². The van der Waals surface area contributed by atoms with E-state index in [2.05, 4.69) is 15.3 Å². The number of nitrogens with one attached hydrogen (secondary N) is 1. The van der Waals surface area contributed by atoms with Crippen molar-refractivity contribution in [2.45, 2.75) is 32.1 Å². The van der Waals surface area contributed by atoms with Crippen LogP contribution in [0, 0.1) is 5.92 Å². The monoisotopic (exact) mass is 419 g/mol. The van der Waals surface area contributed by atoms with Gasteiger partial charge in [0.05, 0.1) is 12.3 Å². The number of aromatic nitrogens is 2. The Morgan fingerprint density at radius 2 is 1.87 bits per heavy atom. The summed E-state index contributed by atoms with van der Waals surface area (Å²) in [6.45, 7) is 0.798. The summed E-state index contributed by atoms with van der Waals surface area (Å²) in [4.78, 5) is 20.7. The van der Waals surface area contributed by atoms with Crippen LogP contribution in [-0.2, 0) is 4.79 Å². The van der Waals surface area contributed by atoms with Crippen LogP contribution in [0.2, 0.25) is 0 Å². The van der Waals surface area contributed by atoms with Gasteiger partial charge < -0.3 is 4.74 Å². The standard InChI is InChI=1S/C24H25N3O2S/c28-23(27-24-26-22(17-30-24)20-12-14-25-15-13-20)11-8-18-6-9-21(10-7-18)29-16-19-4-2-1-3-5-19/h6-15,17,19H,1-5,16H2,(H,26,27,28)/b11-8+. The molecular formula is C24H25N3O2S. The van der Waals surface area contributed by atoms with E-state index in [9.17, 15) is 4.79 Å². The summed E-state index contributed by atoms with van der Waals surface area (Å²) in [5.74, 6) is 1.36. The molecule has 1 fully saturated rings. The quantitative estimate of drug-likeness (QED) is 0.490. The first kappa shape index (κ1) is 20.3. The SMILES string of the molecule is O=C(/C=C/c1ccc(OCC2CCCCC2)cc1)Nc1nc(-c2ccncc2)cs1. The second-order valence-electron chi connectivity index (χ2n) is 7.48. The molecule has 1 saturated carbocycles. The van der Waals surface area contributed by atoms with E-state index in [4.69, 9.17) is 4.74 Å². The average Bonchev–Trinajstić information content (AvgIpc) is 3.27. The van der Waals surface area contributed by atoms with Crippen molar-refractivity contribution >= 4 is 28.5 Å². The number of thiazole rings is 1. The number of nitrogens with zero attached hydrogens (tertiary/aromatic N) is 2. The van der Waals surface area contributed by atoms with Crippen LogP contribution in [0.1, 0.15) is 37.7 Å². The molecule has 1 aliphatic carbocycles. The minimum Gasteiger partial charge on any atom is -0.493 e. The van der Waals surface area contributed by atoms with E-state index < -0.39 is 0 Å². The first-order valence-electron chi connectivity index (χ1n) is 10.3. The third-order valence-electron chi connectivity index (χ3n) is 5.23. The Morgan fingerprint density at radius 3 is 2.63 bits per heavy atom. The van der Waals surface area contributed by atoms with Crippen LogP contribution in [0.4, 0.5) is 5.13 Å². The molecule has 4 rings (SSSR count). The molecule has 0 atom stereocenters. The molecule has 0 spiro atoms. The van der Waals surface area contributed by atoms with Crippen LogP contribution in [-0.4, -0.2) is 22.5 Å². The van der Waals surface area contributed by atoms with Crippen LogP contribution in [0.5, 0.6) is 5.75 Å². The lowest BCUT2D eigenvalue weighted by Gasteiger charge is -2.21. The number of ether oxygens (including phenoxy) is 1. The second kappa shape index (κ2) is 10.2. The van der Waals surface area contributed by atoms with Gasteiger partial charge in [0.15, 0.2) is 5.13 Å². The Morgan fingerprint density at radius 1 is 1.10 bits per heavy atom. The van der Waals surface area contributed by atoms with E-state index in [1.165, 1.54) is 49.5 Å². The Labute approximate surface area is 180 Å². The van der Waals surface area contributed by atoms with Gasteiger partial charge in [-0.25, -0.2) is 4.98 Å². The molecule has 1 N–H and O–H groups in total. The van der Waals surface area contributed by atoms with Crippen molar-refractivity contribution in [2.75, 3.05) is 11.9 Å². The van der Waals surface area contributed by atoms with E-state index in [-0.39, 0.29) is 5.91 Å². The number of hydrogen-bond acceptors (Lipinski definition) is 5. The van der Waals surface area contributed by atoms with Crippen molar-refractivity contribution < 1.29 is 9.53 Å². The van der Waals surface area contributed by atoms with Crippen LogP contribution >= 0.6 is 11.3 Å². The summed E-state index contributed by atoms with van der Waals surface area (Å²) in [5.41, 5.74) is 2.75. The Kier molecular flexibility index (Phi) is 6.87. The van der Waals surface area contributed by atoms with Crippen molar-refractivity contribution in [2.24, 2.45) is 5.92 Å². The molecule has 6 heteroatoms. The molecule has 2 heterocycles. The molecule has 2 aromatic heterocycles. The largest absolute Gasteiger partial charge is 0.493 e. The Hall–Kier alpha value is -2.99. The van der Waals surface area contributed by atoms with Crippen molar-refractivity contribution in [3.63, 3.8) is 0 Å². The highest BCUT2D eigenvalue weighted by Crippen LogP contribution is 2.25. The third-order valence-corrected chi connectivity index (χ3v) is 5.99. The summed E-state index contributed by atoms with van der Waals surface area (Å²) in [6.07, 6.45) is 13.3. The molecule has 1 aliphatic rings. The van der Waals surface area contributed by atoms with Crippen molar-refractivity contribution in [3.05, 3.63) is 65.8 Å². The summed E-state index contributed by atoms with van der Waals surface area (Å²) >= 11 is 1.40. The molecule has 0 saturated heterocycles. The maximum absolute atomic E-state index is 12.2. The van der Waals surface area contributed by atoms with Gasteiger partial charge in [-0.2, -0.15) is 0 Å². The molecule has 0 aliphatic heterocycles. The molecule has 0 unspecified atom stereocenters. The molecule has 3 aromatic rings. The van der Waals surface area contributed by atoms with Gasteiger partial charge in [0.2, 0.25) is 5.91 Å². The number of pyridine rings is 1. The fraction of sp³-hybridized carbons (Fsp3) is 0.292. The lowest BCUT2D eigenvalue weighted by atomic mass is 9.90. The highest BCUT2D eigenvalue weighted by Gasteiger charge is 2.13. The second-order valence-corrected chi connectivity index (χ2v) is 8.34. The number of hydrogen-bond donors (Lipinski definition) is 1. The number of anilines is 1. The van der Waals surface area contributed by atoms with E-state index in [1.807, 2.05) is 41.8 Å². The first-order valence-corrected chi connectivity index (χ1v) is 11.2. The van der Waals surface area contributed by atoms with E-state index in [1.54, 1.807) is 18.5 Å².